The summed E-state index contributed by atoms with van der Waals surface area (Å²) < 4.78 is 0. The SMILES string of the molecule is NC(CSSc1ccccn1)C(=O)NC1CCCCCC1. The molecule has 1 amide bonds. The van der Waals surface area contributed by atoms with Gasteiger partial charge in [-0.2, -0.15) is 0 Å². The van der Waals surface area contributed by atoms with Gasteiger partial charge in [0, 0.05) is 18.0 Å². The molecule has 1 aromatic heterocycles. The zero-order chi connectivity index (χ0) is 14.9. The van der Waals surface area contributed by atoms with E-state index in [0.29, 0.717) is 11.8 Å². The van der Waals surface area contributed by atoms with Crippen LogP contribution in [-0.2, 0) is 4.79 Å². The molecule has 4 nitrogen and oxygen atoms in total. The number of nitrogens with one attached hydrogen (secondary N) is 1. The van der Waals surface area contributed by atoms with Crippen LogP contribution in [0.15, 0.2) is 29.4 Å². The van der Waals surface area contributed by atoms with Crippen molar-refractivity contribution < 1.29 is 4.79 Å². The van der Waals surface area contributed by atoms with Crippen LogP contribution in [-0.4, -0.2) is 28.7 Å². The van der Waals surface area contributed by atoms with E-state index in [2.05, 4.69) is 10.3 Å². The van der Waals surface area contributed by atoms with Gasteiger partial charge in [-0.05, 0) is 35.8 Å². The molecule has 1 saturated carbocycles. The number of rotatable bonds is 6. The molecule has 1 unspecified atom stereocenters. The van der Waals surface area contributed by atoms with Crippen molar-refractivity contribution in [3.63, 3.8) is 0 Å². The highest BCUT2D eigenvalue weighted by atomic mass is 33.1. The number of pyridine rings is 1. The molecule has 21 heavy (non-hydrogen) atoms. The lowest BCUT2D eigenvalue weighted by Crippen LogP contribution is -2.46. The number of aromatic nitrogens is 1. The van der Waals surface area contributed by atoms with Gasteiger partial charge in [-0.3, -0.25) is 4.79 Å². The molecule has 1 fully saturated rings. The molecule has 0 spiro atoms. The van der Waals surface area contributed by atoms with Crippen molar-refractivity contribution in [3.05, 3.63) is 24.4 Å². The molecule has 1 aliphatic carbocycles. The fourth-order valence-electron chi connectivity index (χ4n) is 2.37. The van der Waals surface area contributed by atoms with E-state index >= 15 is 0 Å². The Bertz CT molecular complexity index is 422. The lowest BCUT2D eigenvalue weighted by Gasteiger charge is -2.19. The normalized spacial score (nSPS) is 18.0. The summed E-state index contributed by atoms with van der Waals surface area (Å²) >= 11 is 0. The molecule has 6 heteroatoms. The molecule has 0 saturated heterocycles. The third kappa shape index (κ3) is 6.28. The third-order valence-electron chi connectivity index (χ3n) is 3.57. The Hall–Kier alpha value is -0.720. The number of nitrogens with two attached hydrogens (primary N) is 1. The van der Waals surface area contributed by atoms with Gasteiger partial charge < -0.3 is 11.1 Å². The first kappa shape index (κ1) is 16.6. The standard InChI is InChI=1S/C15H23N3OS2/c16-13(11-20-21-14-9-5-6-10-17-14)15(19)18-12-7-3-1-2-4-8-12/h5-6,9-10,12-13H,1-4,7-8,11,16H2,(H,18,19). The van der Waals surface area contributed by atoms with E-state index in [-0.39, 0.29) is 5.91 Å². The molecule has 1 atom stereocenters. The Morgan fingerprint density at radius 2 is 2.10 bits per heavy atom. The molecular formula is C15H23N3OS2. The van der Waals surface area contributed by atoms with Gasteiger partial charge in [0.1, 0.15) is 5.03 Å². The Kier molecular flexibility index (Phi) is 7.39. The van der Waals surface area contributed by atoms with E-state index < -0.39 is 6.04 Å². The third-order valence-corrected chi connectivity index (χ3v) is 5.87. The van der Waals surface area contributed by atoms with Gasteiger partial charge in [-0.1, -0.05) is 42.5 Å². The second-order valence-electron chi connectivity index (χ2n) is 5.34. The van der Waals surface area contributed by atoms with Crippen molar-refractivity contribution in [2.24, 2.45) is 5.73 Å². The fourth-order valence-corrected chi connectivity index (χ4v) is 4.40. The molecule has 0 radical (unpaired) electrons. The number of amides is 1. The van der Waals surface area contributed by atoms with Crippen LogP contribution < -0.4 is 11.1 Å². The molecule has 0 aromatic carbocycles. The number of carbonyl (C=O) groups is 1. The van der Waals surface area contributed by atoms with E-state index in [1.807, 2.05) is 18.2 Å². The Labute approximate surface area is 134 Å². The predicted molar refractivity (Wildman–Crippen MR) is 90.2 cm³/mol. The van der Waals surface area contributed by atoms with E-state index in [1.165, 1.54) is 25.7 Å². The average Bonchev–Trinajstić information content (AvgIpc) is 2.77. The van der Waals surface area contributed by atoms with Crippen molar-refractivity contribution >= 4 is 27.5 Å². The van der Waals surface area contributed by atoms with Crippen molar-refractivity contribution in [1.82, 2.24) is 10.3 Å². The van der Waals surface area contributed by atoms with E-state index in [1.54, 1.807) is 27.8 Å². The van der Waals surface area contributed by atoms with Crippen LogP contribution in [0.4, 0.5) is 0 Å². The summed E-state index contributed by atoms with van der Waals surface area (Å²) in [5, 5.41) is 4.05. The Morgan fingerprint density at radius 3 is 2.76 bits per heavy atom. The van der Waals surface area contributed by atoms with Gasteiger partial charge >= 0.3 is 0 Å². The molecule has 1 aliphatic rings. The molecule has 1 heterocycles. The second kappa shape index (κ2) is 9.33. The smallest absolute Gasteiger partial charge is 0.238 e. The summed E-state index contributed by atoms with van der Waals surface area (Å²) in [4.78, 5) is 16.3. The summed E-state index contributed by atoms with van der Waals surface area (Å²) in [5.41, 5.74) is 5.97. The molecule has 0 aliphatic heterocycles. The summed E-state index contributed by atoms with van der Waals surface area (Å²) in [5.74, 6) is 0.579. The van der Waals surface area contributed by atoms with Crippen molar-refractivity contribution in [3.8, 4) is 0 Å². The second-order valence-corrected chi connectivity index (χ2v) is 7.70. The van der Waals surface area contributed by atoms with Crippen LogP contribution in [0.5, 0.6) is 0 Å². The molecule has 1 aromatic rings. The van der Waals surface area contributed by atoms with E-state index in [9.17, 15) is 4.79 Å². The van der Waals surface area contributed by atoms with Crippen molar-refractivity contribution in [2.45, 2.75) is 55.6 Å². The fraction of sp³-hybridized carbons (Fsp3) is 0.600. The van der Waals surface area contributed by atoms with Crippen molar-refractivity contribution in [2.75, 3.05) is 5.75 Å². The maximum atomic E-state index is 12.1. The lowest BCUT2D eigenvalue weighted by molar-refractivity contribution is -0.122. The van der Waals surface area contributed by atoms with Gasteiger partial charge in [0.25, 0.3) is 0 Å². The number of nitrogens with zero attached hydrogens (tertiary/aromatic N) is 1. The van der Waals surface area contributed by atoms with Crippen LogP contribution in [0.2, 0.25) is 0 Å². The summed E-state index contributed by atoms with van der Waals surface area (Å²) in [7, 11) is 3.14. The quantitative estimate of drug-likeness (QED) is 0.621. The number of hydrogen-bond acceptors (Lipinski definition) is 5. The highest BCUT2D eigenvalue weighted by Gasteiger charge is 2.19. The molecule has 116 valence electrons. The van der Waals surface area contributed by atoms with Gasteiger partial charge in [0.05, 0.1) is 6.04 Å². The highest BCUT2D eigenvalue weighted by Crippen LogP contribution is 2.29. The summed E-state index contributed by atoms with van der Waals surface area (Å²) in [6.45, 7) is 0. The number of hydrogen-bond donors (Lipinski definition) is 2. The Morgan fingerprint density at radius 1 is 1.33 bits per heavy atom. The van der Waals surface area contributed by atoms with Crippen LogP contribution in [0.3, 0.4) is 0 Å². The first-order valence-electron chi connectivity index (χ1n) is 7.52. The van der Waals surface area contributed by atoms with Gasteiger partial charge in [0.2, 0.25) is 5.91 Å². The average molecular weight is 326 g/mol. The maximum Gasteiger partial charge on any atom is 0.238 e. The minimum Gasteiger partial charge on any atom is -0.352 e. The van der Waals surface area contributed by atoms with Gasteiger partial charge in [0.15, 0.2) is 0 Å². The van der Waals surface area contributed by atoms with Crippen LogP contribution in [0, 0.1) is 0 Å². The van der Waals surface area contributed by atoms with Gasteiger partial charge in [-0.25, -0.2) is 4.98 Å². The largest absolute Gasteiger partial charge is 0.352 e. The van der Waals surface area contributed by atoms with E-state index in [0.717, 1.165) is 17.9 Å². The first-order valence-corrected chi connectivity index (χ1v) is 9.84. The van der Waals surface area contributed by atoms with Crippen LogP contribution >= 0.6 is 21.6 Å². The zero-order valence-electron chi connectivity index (χ0n) is 12.2. The van der Waals surface area contributed by atoms with Crippen LogP contribution in [0.25, 0.3) is 0 Å². The minimum atomic E-state index is -0.450. The molecular weight excluding hydrogens is 302 g/mol. The molecule has 0 bridgehead atoms. The van der Waals surface area contributed by atoms with E-state index in [4.69, 9.17) is 5.73 Å². The molecule has 3 N–H and O–H groups in total. The maximum absolute atomic E-state index is 12.1. The van der Waals surface area contributed by atoms with Crippen molar-refractivity contribution in [1.29, 1.82) is 0 Å². The highest BCUT2D eigenvalue weighted by molar-refractivity contribution is 8.76. The van der Waals surface area contributed by atoms with Gasteiger partial charge in [-0.15, -0.1) is 0 Å². The minimum absolute atomic E-state index is 0.0176. The first-order chi connectivity index (χ1) is 10.3. The summed E-state index contributed by atoms with van der Waals surface area (Å²) in [6.07, 6.45) is 8.95. The lowest BCUT2D eigenvalue weighted by atomic mass is 10.1. The Balaban J connectivity index is 1.67. The zero-order valence-corrected chi connectivity index (χ0v) is 13.8. The topological polar surface area (TPSA) is 68.0 Å². The molecule has 2 rings (SSSR count). The predicted octanol–water partition coefficient (Wildman–Crippen LogP) is 2.99. The number of carbonyl (C=O) groups excluding carboxylic acids is 1. The summed E-state index contributed by atoms with van der Waals surface area (Å²) in [6, 6.07) is 5.67. The van der Waals surface area contributed by atoms with Crippen LogP contribution in [0.1, 0.15) is 38.5 Å². The monoisotopic (exact) mass is 325 g/mol.